The van der Waals surface area contributed by atoms with Crippen LogP contribution >= 0.6 is 0 Å². The van der Waals surface area contributed by atoms with Crippen molar-refractivity contribution in [1.29, 1.82) is 0 Å². The van der Waals surface area contributed by atoms with Crippen LogP contribution in [0.2, 0.25) is 0 Å². The van der Waals surface area contributed by atoms with E-state index in [4.69, 9.17) is 9.47 Å². The molecule has 0 amide bonds. The summed E-state index contributed by atoms with van der Waals surface area (Å²) in [6, 6.07) is 18.2. The third-order valence-electron chi connectivity index (χ3n) is 4.37. The molecule has 3 nitrogen and oxygen atoms in total. The molecule has 0 bridgehead atoms. The molecule has 0 fully saturated rings. The van der Waals surface area contributed by atoms with E-state index >= 15 is 0 Å². The third-order valence-corrected chi connectivity index (χ3v) is 4.37. The quantitative estimate of drug-likeness (QED) is 0.437. The first-order valence-corrected chi connectivity index (χ1v) is 9.64. The van der Waals surface area contributed by atoms with Gasteiger partial charge in [0.2, 0.25) is 0 Å². The molecule has 0 heterocycles. The summed E-state index contributed by atoms with van der Waals surface area (Å²) in [5.41, 5.74) is 2.34. The van der Waals surface area contributed by atoms with Crippen molar-refractivity contribution in [3.8, 4) is 16.9 Å². The summed E-state index contributed by atoms with van der Waals surface area (Å²) in [5.74, 6) is 1.06. The molecule has 1 unspecified atom stereocenters. The van der Waals surface area contributed by atoms with E-state index in [1.54, 1.807) is 0 Å². The number of carbonyl (C=O) groups is 1. The Labute approximate surface area is 157 Å². The molecule has 26 heavy (non-hydrogen) atoms. The highest BCUT2D eigenvalue weighted by atomic mass is 16.7. The van der Waals surface area contributed by atoms with E-state index in [-0.39, 0.29) is 18.7 Å². The Balaban J connectivity index is 1.80. The van der Waals surface area contributed by atoms with Gasteiger partial charge in [-0.2, -0.15) is 0 Å². The van der Waals surface area contributed by atoms with Crippen LogP contribution in [0.15, 0.2) is 54.6 Å². The Bertz CT molecular complexity index is 634. The fraction of sp³-hybridized carbons (Fsp3) is 0.435. The molecule has 2 aromatic carbocycles. The Hall–Kier alpha value is -2.13. The third kappa shape index (κ3) is 7.01. The molecule has 0 saturated heterocycles. The van der Waals surface area contributed by atoms with Gasteiger partial charge in [-0.05, 0) is 36.1 Å². The zero-order chi connectivity index (χ0) is 18.6. The van der Waals surface area contributed by atoms with Gasteiger partial charge in [0.05, 0.1) is 6.10 Å². The van der Waals surface area contributed by atoms with Crippen LogP contribution < -0.4 is 4.74 Å². The van der Waals surface area contributed by atoms with Gasteiger partial charge in [-0.1, -0.05) is 69.2 Å². The van der Waals surface area contributed by atoms with Crippen LogP contribution in [-0.4, -0.2) is 18.7 Å². The van der Waals surface area contributed by atoms with Crippen molar-refractivity contribution in [3.05, 3.63) is 54.6 Å². The van der Waals surface area contributed by atoms with Crippen LogP contribution in [0.3, 0.4) is 0 Å². The standard InChI is InChI=1S/C23H30O3/c1-3-5-12-21(24)17-23(9-4-2)26-18-25-22-15-13-20(14-16-22)19-10-7-6-8-11-19/h6-8,10-11,13-16,23H,3-5,9,12,17-18H2,1-2H3. The molecule has 2 rings (SSSR count). The Morgan fingerprint density at radius 1 is 0.923 bits per heavy atom. The topological polar surface area (TPSA) is 35.5 Å². The molecule has 0 spiro atoms. The first kappa shape index (κ1) is 20.2. The molecule has 1 atom stereocenters. The number of Topliss-reactive ketones (excluding diaryl/α,β-unsaturated/α-hetero) is 1. The number of ketones is 1. The number of benzene rings is 2. The minimum absolute atomic E-state index is 0.0482. The van der Waals surface area contributed by atoms with E-state index in [0.29, 0.717) is 12.8 Å². The number of rotatable bonds is 12. The molecule has 0 radical (unpaired) electrons. The first-order chi connectivity index (χ1) is 12.7. The molecule has 0 aliphatic heterocycles. The monoisotopic (exact) mass is 354 g/mol. The summed E-state index contributed by atoms with van der Waals surface area (Å²) in [6.45, 7) is 4.39. The second-order valence-corrected chi connectivity index (χ2v) is 6.58. The van der Waals surface area contributed by atoms with Crippen LogP contribution in [0.4, 0.5) is 0 Å². The summed E-state index contributed by atoms with van der Waals surface area (Å²) in [6.07, 6.45) is 4.99. The predicted molar refractivity (Wildman–Crippen MR) is 106 cm³/mol. The van der Waals surface area contributed by atoms with Gasteiger partial charge in [-0.25, -0.2) is 0 Å². The van der Waals surface area contributed by atoms with Gasteiger partial charge in [0.15, 0.2) is 6.79 Å². The predicted octanol–water partition coefficient (Wildman–Crippen LogP) is 6.02. The zero-order valence-electron chi connectivity index (χ0n) is 15.9. The van der Waals surface area contributed by atoms with Gasteiger partial charge in [0.1, 0.15) is 11.5 Å². The average Bonchev–Trinajstić information content (AvgIpc) is 2.68. The summed E-state index contributed by atoms with van der Waals surface area (Å²) in [5, 5.41) is 0. The van der Waals surface area contributed by atoms with Crippen molar-refractivity contribution >= 4 is 5.78 Å². The molecule has 0 saturated carbocycles. The molecular weight excluding hydrogens is 324 g/mol. The van der Waals surface area contributed by atoms with Gasteiger partial charge >= 0.3 is 0 Å². The van der Waals surface area contributed by atoms with Gasteiger partial charge in [0.25, 0.3) is 0 Å². The number of unbranched alkanes of at least 4 members (excludes halogenated alkanes) is 1. The number of hydrogen-bond acceptors (Lipinski definition) is 3. The highest BCUT2D eigenvalue weighted by Crippen LogP contribution is 2.22. The average molecular weight is 354 g/mol. The lowest BCUT2D eigenvalue weighted by Gasteiger charge is -2.17. The Kier molecular flexibility index (Phi) is 8.91. The Morgan fingerprint density at radius 2 is 1.62 bits per heavy atom. The molecule has 140 valence electrons. The second kappa shape index (κ2) is 11.5. The highest BCUT2D eigenvalue weighted by molar-refractivity contribution is 5.78. The molecule has 3 heteroatoms. The van der Waals surface area contributed by atoms with Crippen molar-refractivity contribution in [2.45, 2.75) is 58.5 Å². The van der Waals surface area contributed by atoms with Crippen molar-refractivity contribution < 1.29 is 14.3 Å². The lowest BCUT2D eigenvalue weighted by molar-refractivity contribution is -0.124. The molecule has 0 aliphatic rings. The molecule has 2 aromatic rings. The summed E-state index contributed by atoms with van der Waals surface area (Å²) in [7, 11) is 0. The Morgan fingerprint density at radius 3 is 2.27 bits per heavy atom. The maximum absolute atomic E-state index is 12.0. The fourth-order valence-corrected chi connectivity index (χ4v) is 2.87. The summed E-state index contributed by atoms with van der Waals surface area (Å²) < 4.78 is 11.5. The van der Waals surface area contributed by atoms with E-state index in [2.05, 4.69) is 26.0 Å². The van der Waals surface area contributed by atoms with Crippen molar-refractivity contribution in [1.82, 2.24) is 0 Å². The number of ether oxygens (including phenoxy) is 2. The molecule has 0 N–H and O–H groups in total. The van der Waals surface area contributed by atoms with Crippen molar-refractivity contribution in [3.63, 3.8) is 0 Å². The van der Waals surface area contributed by atoms with E-state index in [0.717, 1.165) is 37.0 Å². The van der Waals surface area contributed by atoms with Gasteiger partial charge in [-0.3, -0.25) is 4.79 Å². The smallest absolute Gasteiger partial charge is 0.189 e. The normalized spacial score (nSPS) is 11.9. The zero-order valence-corrected chi connectivity index (χ0v) is 15.9. The molecule has 0 aliphatic carbocycles. The lowest BCUT2D eigenvalue weighted by Crippen LogP contribution is -2.20. The van der Waals surface area contributed by atoms with E-state index < -0.39 is 0 Å². The van der Waals surface area contributed by atoms with Crippen LogP contribution in [-0.2, 0) is 9.53 Å². The fourth-order valence-electron chi connectivity index (χ4n) is 2.87. The maximum atomic E-state index is 12.0. The van der Waals surface area contributed by atoms with E-state index in [1.807, 2.05) is 42.5 Å². The van der Waals surface area contributed by atoms with Gasteiger partial charge < -0.3 is 9.47 Å². The van der Waals surface area contributed by atoms with Gasteiger partial charge in [0, 0.05) is 12.8 Å². The highest BCUT2D eigenvalue weighted by Gasteiger charge is 2.13. The van der Waals surface area contributed by atoms with Gasteiger partial charge in [-0.15, -0.1) is 0 Å². The SMILES string of the molecule is CCCCC(=O)CC(CCC)OCOc1ccc(-c2ccccc2)cc1. The summed E-state index contributed by atoms with van der Waals surface area (Å²) >= 11 is 0. The minimum Gasteiger partial charge on any atom is -0.468 e. The lowest BCUT2D eigenvalue weighted by atomic mass is 10.0. The first-order valence-electron chi connectivity index (χ1n) is 9.64. The molecule has 0 aromatic heterocycles. The summed E-state index contributed by atoms with van der Waals surface area (Å²) in [4.78, 5) is 12.0. The largest absolute Gasteiger partial charge is 0.468 e. The van der Waals surface area contributed by atoms with Crippen LogP contribution in [0.5, 0.6) is 5.75 Å². The van der Waals surface area contributed by atoms with E-state index in [9.17, 15) is 4.79 Å². The van der Waals surface area contributed by atoms with Crippen LogP contribution in [0.25, 0.3) is 11.1 Å². The maximum Gasteiger partial charge on any atom is 0.189 e. The van der Waals surface area contributed by atoms with Crippen LogP contribution in [0, 0.1) is 0 Å². The minimum atomic E-state index is -0.0482. The second-order valence-electron chi connectivity index (χ2n) is 6.58. The van der Waals surface area contributed by atoms with Crippen molar-refractivity contribution in [2.75, 3.05) is 6.79 Å². The number of carbonyl (C=O) groups excluding carboxylic acids is 1. The molecular formula is C23H30O3. The van der Waals surface area contributed by atoms with E-state index in [1.165, 1.54) is 5.56 Å². The number of hydrogen-bond donors (Lipinski definition) is 0. The van der Waals surface area contributed by atoms with Crippen molar-refractivity contribution in [2.24, 2.45) is 0 Å². The van der Waals surface area contributed by atoms with Crippen LogP contribution in [0.1, 0.15) is 52.4 Å².